The van der Waals surface area contributed by atoms with E-state index in [1.54, 1.807) is 7.11 Å². The number of halogens is 2. The van der Waals surface area contributed by atoms with Gasteiger partial charge in [0.2, 0.25) is 0 Å². The van der Waals surface area contributed by atoms with E-state index in [4.69, 9.17) is 21.1 Å². The molecule has 0 saturated carbocycles. The molecule has 2 rings (SSSR count). The summed E-state index contributed by atoms with van der Waals surface area (Å²) in [6.07, 6.45) is -0.475. The fraction of sp³-hybridized carbons (Fsp3) is 0.263. The van der Waals surface area contributed by atoms with E-state index < -0.39 is 23.8 Å². The summed E-state index contributed by atoms with van der Waals surface area (Å²) in [5.74, 6) is -0.881. The van der Waals surface area contributed by atoms with E-state index in [9.17, 15) is 14.0 Å². The second-order valence-corrected chi connectivity index (χ2v) is 5.96. The minimum absolute atomic E-state index is 0.0630. The van der Waals surface area contributed by atoms with Gasteiger partial charge in [0.15, 0.2) is 6.10 Å². The lowest BCUT2D eigenvalue weighted by Gasteiger charge is -2.14. The highest BCUT2D eigenvalue weighted by atomic mass is 35.5. The lowest BCUT2D eigenvalue weighted by atomic mass is 10.1. The molecule has 0 saturated heterocycles. The third kappa shape index (κ3) is 5.46. The molecule has 0 radical (unpaired) electrons. The van der Waals surface area contributed by atoms with E-state index in [0.29, 0.717) is 12.2 Å². The van der Waals surface area contributed by atoms with E-state index in [0.717, 1.165) is 11.6 Å². The topological polar surface area (TPSA) is 64.6 Å². The number of carbonyl (C=O) groups excluding carboxylic acids is 2. The largest absolute Gasteiger partial charge is 0.496 e. The molecule has 0 aromatic heterocycles. The molecule has 2 aromatic rings. The number of rotatable bonds is 7. The fourth-order valence-electron chi connectivity index (χ4n) is 2.28. The first kappa shape index (κ1) is 19.7. The predicted molar refractivity (Wildman–Crippen MR) is 96.9 cm³/mol. The molecule has 0 bridgehead atoms. The lowest BCUT2D eigenvalue weighted by Crippen LogP contribution is -2.30. The molecule has 26 heavy (non-hydrogen) atoms. The Bertz CT molecular complexity index is 797. The van der Waals surface area contributed by atoms with E-state index in [2.05, 4.69) is 5.32 Å². The number of hydrogen-bond acceptors (Lipinski definition) is 4. The van der Waals surface area contributed by atoms with Gasteiger partial charge in [0.25, 0.3) is 5.91 Å². The highest BCUT2D eigenvalue weighted by Gasteiger charge is 2.19. The minimum Gasteiger partial charge on any atom is -0.496 e. The van der Waals surface area contributed by atoms with Crippen molar-refractivity contribution in [3.05, 3.63) is 58.9 Å². The van der Waals surface area contributed by atoms with Crippen molar-refractivity contribution in [3.8, 4) is 5.75 Å². The zero-order chi connectivity index (χ0) is 19.1. The number of esters is 1. The Morgan fingerprint density at radius 2 is 1.96 bits per heavy atom. The summed E-state index contributed by atoms with van der Waals surface area (Å²) in [6.45, 7) is 1.45. The second kappa shape index (κ2) is 9.20. The molecule has 138 valence electrons. The molecular formula is C19H19ClFNO4. The molecule has 0 fully saturated rings. The first-order chi connectivity index (χ1) is 12.4. The van der Waals surface area contributed by atoms with Crippen LogP contribution in [0.2, 0.25) is 5.02 Å². The molecule has 2 aromatic carbocycles. The van der Waals surface area contributed by atoms with Gasteiger partial charge in [-0.2, -0.15) is 0 Å². The van der Waals surface area contributed by atoms with Crippen LogP contribution in [0.1, 0.15) is 18.9 Å². The average Bonchev–Trinajstić information content (AvgIpc) is 2.62. The van der Waals surface area contributed by atoms with Crippen LogP contribution in [-0.2, 0) is 20.7 Å². The number of ether oxygens (including phenoxy) is 2. The maximum absolute atomic E-state index is 13.0. The van der Waals surface area contributed by atoms with Crippen molar-refractivity contribution < 1.29 is 23.5 Å². The zero-order valence-corrected chi connectivity index (χ0v) is 15.2. The van der Waals surface area contributed by atoms with Crippen LogP contribution in [0.3, 0.4) is 0 Å². The first-order valence-corrected chi connectivity index (χ1v) is 8.35. The molecule has 1 atom stereocenters. The lowest BCUT2D eigenvalue weighted by molar-refractivity contribution is -0.153. The Labute approximate surface area is 156 Å². The Morgan fingerprint density at radius 1 is 1.23 bits per heavy atom. The molecule has 0 unspecified atom stereocenters. The molecule has 0 heterocycles. The van der Waals surface area contributed by atoms with Gasteiger partial charge in [-0.3, -0.25) is 9.59 Å². The highest BCUT2D eigenvalue weighted by Crippen LogP contribution is 2.23. The van der Waals surface area contributed by atoms with Gasteiger partial charge in [0, 0.05) is 6.42 Å². The van der Waals surface area contributed by atoms with E-state index in [1.807, 2.05) is 24.3 Å². The van der Waals surface area contributed by atoms with Crippen molar-refractivity contribution in [1.82, 2.24) is 0 Å². The van der Waals surface area contributed by atoms with Crippen LogP contribution in [0.15, 0.2) is 42.5 Å². The Hall–Kier alpha value is -2.60. The highest BCUT2D eigenvalue weighted by molar-refractivity contribution is 6.33. The summed E-state index contributed by atoms with van der Waals surface area (Å²) in [6, 6.07) is 11.0. The summed E-state index contributed by atoms with van der Waals surface area (Å²) in [5, 5.41) is 2.56. The smallest absolute Gasteiger partial charge is 0.306 e. The van der Waals surface area contributed by atoms with Crippen molar-refractivity contribution in [1.29, 1.82) is 0 Å². The summed E-state index contributed by atoms with van der Waals surface area (Å²) in [5.41, 5.74) is 1.12. The number of nitrogens with one attached hydrogen (secondary N) is 1. The molecule has 0 aliphatic heterocycles. The number of benzene rings is 2. The number of para-hydroxylation sites is 1. The van der Waals surface area contributed by atoms with Crippen molar-refractivity contribution in [2.45, 2.75) is 25.9 Å². The minimum atomic E-state index is -1.01. The first-order valence-electron chi connectivity index (χ1n) is 7.98. The van der Waals surface area contributed by atoms with Crippen LogP contribution in [0.5, 0.6) is 5.75 Å². The zero-order valence-electron chi connectivity index (χ0n) is 14.4. The standard InChI is InChI=1S/C19H19ClFNO4/c1-12(19(24)22-16-9-8-14(21)11-15(16)20)26-18(23)10-7-13-5-3-4-6-17(13)25-2/h3-6,8-9,11-12H,7,10H2,1-2H3,(H,22,24)/t12-/m0/s1. The van der Waals surface area contributed by atoms with Gasteiger partial charge in [-0.05, 0) is 43.2 Å². The molecule has 0 aliphatic carbocycles. The quantitative estimate of drug-likeness (QED) is 0.739. The van der Waals surface area contributed by atoms with Crippen molar-refractivity contribution in [2.75, 3.05) is 12.4 Å². The number of carbonyl (C=O) groups is 2. The predicted octanol–water partition coefficient (Wildman–Crippen LogP) is 3.99. The maximum atomic E-state index is 13.0. The third-order valence-electron chi connectivity index (χ3n) is 3.66. The second-order valence-electron chi connectivity index (χ2n) is 5.56. The van der Waals surface area contributed by atoms with Gasteiger partial charge >= 0.3 is 5.97 Å². The van der Waals surface area contributed by atoms with Crippen LogP contribution in [0, 0.1) is 5.82 Å². The van der Waals surface area contributed by atoms with Gasteiger partial charge in [-0.1, -0.05) is 29.8 Å². The van der Waals surface area contributed by atoms with Crippen LogP contribution in [0.4, 0.5) is 10.1 Å². The Morgan fingerprint density at radius 3 is 2.65 bits per heavy atom. The summed E-state index contributed by atoms with van der Waals surface area (Å²) < 4.78 is 23.4. The molecular weight excluding hydrogens is 361 g/mol. The molecule has 7 heteroatoms. The fourth-order valence-corrected chi connectivity index (χ4v) is 2.50. The van der Waals surface area contributed by atoms with Crippen molar-refractivity contribution >= 4 is 29.2 Å². The molecule has 5 nitrogen and oxygen atoms in total. The monoisotopic (exact) mass is 379 g/mol. The summed E-state index contributed by atoms with van der Waals surface area (Å²) in [7, 11) is 1.56. The number of anilines is 1. The molecule has 0 spiro atoms. The number of amides is 1. The van der Waals surface area contributed by atoms with Crippen LogP contribution in [0.25, 0.3) is 0 Å². The Balaban J connectivity index is 1.86. The van der Waals surface area contributed by atoms with E-state index >= 15 is 0 Å². The van der Waals surface area contributed by atoms with E-state index in [-0.39, 0.29) is 17.1 Å². The SMILES string of the molecule is COc1ccccc1CCC(=O)O[C@@H](C)C(=O)Nc1ccc(F)cc1Cl. The number of hydrogen-bond donors (Lipinski definition) is 1. The normalized spacial score (nSPS) is 11.5. The Kier molecular flexibility index (Phi) is 6.97. The van der Waals surface area contributed by atoms with Crippen LogP contribution < -0.4 is 10.1 Å². The van der Waals surface area contributed by atoms with Gasteiger partial charge in [-0.15, -0.1) is 0 Å². The maximum Gasteiger partial charge on any atom is 0.306 e. The number of aryl methyl sites for hydroxylation is 1. The van der Waals surface area contributed by atoms with Crippen LogP contribution >= 0.6 is 11.6 Å². The third-order valence-corrected chi connectivity index (χ3v) is 3.97. The van der Waals surface area contributed by atoms with Gasteiger partial charge in [0.05, 0.1) is 17.8 Å². The van der Waals surface area contributed by atoms with Gasteiger partial charge < -0.3 is 14.8 Å². The van der Waals surface area contributed by atoms with Crippen molar-refractivity contribution in [3.63, 3.8) is 0 Å². The average molecular weight is 380 g/mol. The van der Waals surface area contributed by atoms with Crippen LogP contribution in [-0.4, -0.2) is 25.1 Å². The molecule has 1 amide bonds. The molecule has 0 aliphatic rings. The summed E-state index contributed by atoms with van der Waals surface area (Å²) in [4.78, 5) is 24.1. The molecule has 1 N–H and O–H groups in total. The number of methoxy groups -OCH3 is 1. The summed E-state index contributed by atoms with van der Waals surface area (Å²) >= 11 is 5.86. The van der Waals surface area contributed by atoms with Gasteiger partial charge in [0.1, 0.15) is 11.6 Å². The van der Waals surface area contributed by atoms with Crippen molar-refractivity contribution in [2.24, 2.45) is 0 Å². The van der Waals surface area contributed by atoms with Gasteiger partial charge in [-0.25, -0.2) is 4.39 Å². The van der Waals surface area contributed by atoms with E-state index in [1.165, 1.54) is 19.1 Å².